The van der Waals surface area contributed by atoms with Crippen molar-refractivity contribution in [1.82, 2.24) is 0 Å². The van der Waals surface area contributed by atoms with E-state index in [2.05, 4.69) is 0 Å². The second kappa shape index (κ2) is 7.20. The molecule has 0 saturated heterocycles. The Morgan fingerprint density at radius 3 is 2.33 bits per heavy atom. The molecule has 0 aliphatic heterocycles. The SMILES string of the molecule is O=C(O)c1cc(OCc2ccccc2)ccc1-c1ccccc1Cl. The minimum Gasteiger partial charge on any atom is -0.489 e. The Morgan fingerprint density at radius 1 is 0.917 bits per heavy atom. The van der Waals surface area contributed by atoms with Gasteiger partial charge < -0.3 is 9.84 Å². The van der Waals surface area contributed by atoms with Gasteiger partial charge in [0.15, 0.2) is 0 Å². The lowest BCUT2D eigenvalue weighted by Crippen LogP contribution is -2.02. The topological polar surface area (TPSA) is 46.5 Å². The average molecular weight is 339 g/mol. The molecule has 4 heteroatoms. The predicted molar refractivity (Wildman–Crippen MR) is 94.6 cm³/mol. The third-order valence-corrected chi connectivity index (χ3v) is 3.96. The van der Waals surface area contributed by atoms with Gasteiger partial charge in [-0.05, 0) is 35.4 Å². The smallest absolute Gasteiger partial charge is 0.336 e. The Morgan fingerprint density at radius 2 is 1.62 bits per heavy atom. The summed E-state index contributed by atoms with van der Waals surface area (Å²) in [6.45, 7) is 0.380. The number of carboxylic acids is 1. The summed E-state index contributed by atoms with van der Waals surface area (Å²) in [5.41, 5.74) is 2.43. The highest BCUT2D eigenvalue weighted by Crippen LogP contribution is 2.32. The summed E-state index contributed by atoms with van der Waals surface area (Å²) in [6, 6.07) is 21.9. The van der Waals surface area contributed by atoms with Crippen molar-refractivity contribution in [1.29, 1.82) is 0 Å². The van der Waals surface area contributed by atoms with Gasteiger partial charge in [-0.1, -0.05) is 60.1 Å². The summed E-state index contributed by atoms with van der Waals surface area (Å²) in [5.74, 6) is -0.512. The molecule has 0 spiro atoms. The standard InChI is InChI=1S/C20H15ClO3/c21-19-9-5-4-8-17(19)16-11-10-15(12-18(16)20(22)23)24-13-14-6-2-1-3-7-14/h1-12H,13H2,(H,22,23). The Kier molecular flexibility index (Phi) is 4.82. The fourth-order valence-corrected chi connectivity index (χ4v) is 2.68. The molecule has 3 aromatic carbocycles. The van der Waals surface area contributed by atoms with Crippen molar-refractivity contribution in [3.05, 3.63) is 88.9 Å². The highest BCUT2D eigenvalue weighted by atomic mass is 35.5. The number of rotatable bonds is 5. The van der Waals surface area contributed by atoms with E-state index in [1.54, 1.807) is 24.3 Å². The van der Waals surface area contributed by atoms with Gasteiger partial charge >= 0.3 is 5.97 Å². The van der Waals surface area contributed by atoms with Gasteiger partial charge in [-0.2, -0.15) is 0 Å². The third kappa shape index (κ3) is 3.58. The van der Waals surface area contributed by atoms with Gasteiger partial charge in [0, 0.05) is 10.6 Å². The first-order valence-electron chi connectivity index (χ1n) is 7.44. The van der Waals surface area contributed by atoms with Gasteiger partial charge in [-0.3, -0.25) is 0 Å². The van der Waals surface area contributed by atoms with E-state index < -0.39 is 5.97 Å². The molecule has 24 heavy (non-hydrogen) atoms. The first kappa shape index (κ1) is 16.1. The molecule has 0 heterocycles. The summed E-state index contributed by atoms with van der Waals surface area (Å²) in [4.78, 5) is 11.6. The molecule has 0 radical (unpaired) electrons. The lowest BCUT2D eigenvalue weighted by molar-refractivity contribution is 0.0697. The van der Waals surface area contributed by atoms with Crippen LogP contribution in [0.15, 0.2) is 72.8 Å². The zero-order valence-electron chi connectivity index (χ0n) is 12.8. The molecule has 0 saturated carbocycles. The van der Waals surface area contributed by atoms with Crippen LogP contribution >= 0.6 is 11.6 Å². The average Bonchev–Trinajstić information content (AvgIpc) is 2.61. The number of hydrogen-bond acceptors (Lipinski definition) is 2. The summed E-state index contributed by atoms with van der Waals surface area (Å²) in [7, 11) is 0. The molecule has 0 aromatic heterocycles. The molecule has 3 nitrogen and oxygen atoms in total. The number of hydrogen-bond donors (Lipinski definition) is 1. The van der Waals surface area contributed by atoms with E-state index >= 15 is 0 Å². The second-order valence-electron chi connectivity index (χ2n) is 5.27. The molecular formula is C20H15ClO3. The molecule has 3 aromatic rings. The van der Waals surface area contributed by atoms with Gasteiger partial charge in [-0.15, -0.1) is 0 Å². The van der Waals surface area contributed by atoms with Crippen molar-refractivity contribution in [3.63, 3.8) is 0 Å². The van der Waals surface area contributed by atoms with Crippen LogP contribution in [-0.2, 0) is 6.61 Å². The van der Waals surface area contributed by atoms with Crippen LogP contribution in [-0.4, -0.2) is 11.1 Å². The van der Waals surface area contributed by atoms with Crippen LogP contribution in [0.4, 0.5) is 0 Å². The maximum Gasteiger partial charge on any atom is 0.336 e. The monoisotopic (exact) mass is 338 g/mol. The van der Waals surface area contributed by atoms with Crippen molar-refractivity contribution in [2.45, 2.75) is 6.61 Å². The molecule has 0 bridgehead atoms. The summed E-state index contributed by atoms with van der Waals surface area (Å²) < 4.78 is 5.71. The Balaban J connectivity index is 1.90. The normalized spacial score (nSPS) is 10.4. The fourth-order valence-electron chi connectivity index (χ4n) is 2.45. The first-order chi connectivity index (χ1) is 11.6. The molecule has 0 aliphatic carbocycles. The summed E-state index contributed by atoms with van der Waals surface area (Å²) >= 11 is 6.19. The number of carbonyl (C=O) groups is 1. The lowest BCUT2D eigenvalue weighted by atomic mass is 9.99. The maximum absolute atomic E-state index is 11.6. The van der Waals surface area contributed by atoms with Crippen LogP contribution in [0.3, 0.4) is 0 Å². The zero-order valence-corrected chi connectivity index (χ0v) is 13.5. The lowest BCUT2D eigenvalue weighted by Gasteiger charge is -2.12. The number of benzene rings is 3. The zero-order chi connectivity index (χ0) is 16.9. The van der Waals surface area contributed by atoms with Crippen molar-refractivity contribution in [3.8, 4) is 16.9 Å². The van der Waals surface area contributed by atoms with E-state index in [0.717, 1.165) is 5.56 Å². The quantitative estimate of drug-likeness (QED) is 0.688. The Bertz CT molecular complexity index is 860. The van der Waals surface area contributed by atoms with Crippen LogP contribution in [0.1, 0.15) is 15.9 Å². The Hall–Kier alpha value is -2.78. The molecule has 0 aliphatic rings. The van der Waals surface area contributed by atoms with Crippen LogP contribution < -0.4 is 4.74 Å². The van der Waals surface area contributed by atoms with Crippen LogP contribution in [0.25, 0.3) is 11.1 Å². The van der Waals surface area contributed by atoms with Gasteiger partial charge in [0.1, 0.15) is 12.4 Å². The number of aromatic carboxylic acids is 1. The van der Waals surface area contributed by atoms with Crippen LogP contribution in [0.2, 0.25) is 5.02 Å². The summed E-state index contributed by atoms with van der Waals surface area (Å²) in [5, 5.41) is 10.0. The van der Waals surface area contributed by atoms with E-state index in [1.807, 2.05) is 42.5 Å². The van der Waals surface area contributed by atoms with Crippen LogP contribution in [0.5, 0.6) is 5.75 Å². The highest BCUT2D eigenvalue weighted by Gasteiger charge is 2.15. The molecular weight excluding hydrogens is 324 g/mol. The fraction of sp³-hybridized carbons (Fsp3) is 0.0500. The number of ether oxygens (including phenoxy) is 1. The van der Waals surface area contributed by atoms with Gasteiger partial charge in [-0.25, -0.2) is 4.79 Å². The van der Waals surface area contributed by atoms with E-state index in [4.69, 9.17) is 16.3 Å². The van der Waals surface area contributed by atoms with E-state index in [0.29, 0.717) is 28.5 Å². The van der Waals surface area contributed by atoms with E-state index in [1.165, 1.54) is 6.07 Å². The van der Waals surface area contributed by atoms with Crippen molar-refractivity contribution >= 4 is 17.6 Å². The first-order valence-corrected chi connectivity index (χ1v) is 7.82. The Labute approximate surface area is 145 Å². The van der Waals surface area contributed by atoms with E-state index in [9.17, 15) is 9.90 Å². The number of carboxylic acid groups (broad SMARTS) is 1. The highest BCUT2D eigenvalue weighted by molar-refractivity contribution is 6.33. The third-order valence-electron chi connectivity index (χ3n) is 3.63. The van der Waals surface area contributed by atoms with Gasteiger partial charge in [0.2, 0.25) is 0 Å². The van der Waals surface area contributed by atoms with Crippen molar-refractivity contribution in [2.24, 2.45) is 0 Å². The largest absolute Gasteiger partial charge is 0.489 e. The minimum absolute atomic E-state index is 0.161. The second-order valence-corrected chi connectivity index (χ2v) is 5.67. The molecule has 0 atom stereocenters. The van der Waals surface area contributed by atoms with Crippen LogP contribution in [0, 0.1) is 0 Å². The summed E-state index contributed by atoms with van der Waals surface area (Å²) in [6.07, 6.45) is 0. The minimum atomic E-state index is -1.02. The maximum atomic E-state index is 11.6. The van der Waals surface area contributed by atoms with Crippen molar-refractivity contribution < 1.29 is 14.6 Å². The molecule has 0 amide bonds. The number of halogens is 1. The van der Waals surface area contributed by atoms with Gasteiger partial charge in [0.05, 0.1) is 5.56 Å². The predicted octanol–water partition coefficient (Wildman–Crippen LogP) is 5.28. The van der Waals surface area contributed by atoms with E-state index in [-0.39, 0.29) is 5.56 Å². The van der Waals surface area contributed by atoms with Gasteiger partial charge in [0.25, 0.3) is 0 Å². The molecule has 3 rings (SSSR count). The molecule has 1 N–H and O–H groups in total. The molecule has 0 unspecified atom stereocenters. The van der Waals surface area contributed by atoms with Crippen molar-refractivity contribution in [2.75, 3.05) is 0 Å². The molecule has 120 valence electrons. The molecule has 0 fully saturated rings.